The van der Waals surface area contributed by atoms with Crippen molar-refractivity contribution < 1.29 is 4.74 Å². The Kier molecular flexibility index (Phi) is 4.06. The molecule has 1 aromatic carbocycles. The van der Waals surface area contributed by atoms with Gasteiger partial charge < -0.3 is 9.30 Å². The summed E-state index contributed by atoms with van der Waals surface area (Å²) in [4.78, 5) is 3.93. The lowest BCUT2D eigenvalue weighted by atomic mass is 10.3. The lowest BCUT2D eigenvalue weighted by molar-refractivity contribution is 0.370. The van der Waals surface area contributed by atoms with Gasteiger partial charge >= 0.3 is 0 Å². The molecule has 0 saturated carbocycles. The first kappa shape index (κ1) is 11.6. The third-order valence-corrected chi connectivity index (χ3v) is 2.32. The normalized spacial score (nSPS) is 9.47. The molecule has 0 bridgehead atoms. The van der Waals surface area contributed by atoms with Crippen molar-refractivity contribution in [2.75, 3.05) is 6.61 Å². The highest BCUT2D eigenvalue weighted by Crippen LogP contribution is 2.14. The molecule has 0 N–H and O–H groups in total. The van der Waals surface area contributed by atoms with Crippen LogP contribution in [0, 0.1) is 11.8 Å². The molecule has 86 valence electrons. The van der Waals surface area contributed by atoms with Gasteiger partial charge in [0.05, 0.1) is 12.9 Å². The number of nitrogens with zero attached hydrogens (tertiary/aromatic N) is 2. The predicted molar refractivity (Wildman–Crippen MR) is 67.0 cm³/mol. The number of halogens is 1. The van der Waals surface area contributed by atoms with Crippen LogP contribution in [0.5, 0.6) is 5.75 Å². The molecular weight excluding hydrogens is 236 g/mol. The first-order valence-corrected chi connectivity index (χ1v) is 5.52. The van der Waals surface area contributed by atoms with Crippen molar-refractivity contribution in [1.82, 2.24) is 9.55 Å². The maximum absolute atomic E-state index is 5.76. The summed E-state index contributed by atoms with van der Waals surface area (Å²) in [5, 5.41) is 0.698. The number of hydrogen-bond donors (Lipinski definition) is 0. The molecule has 2 rings (SSSR count). The Morgan fingerprint density at radius 3 is 2.76 bits per heavy atom. The fraction of sp³-hybridized carbons (Fsp3) is 0.154. The Morgan fingerprint density at radius 2 is 2.06 bits per heavy atom. The molecule has 3 nitrogen and oxygen atoms in total. The van der Waals surface area contributed by atoms with Crippen LogP contribution in [-0.2, 0) is 6.54 Å². The summed E-state index contributed by atoms with van der Waals surface area (Å²) < 4.78 is 7.32. The summed E-state index contributed by atoms with van der Waals surface area (Å²) in [6.45, 7) is 1.00. The molecule has 2 aromatic rings. The maximum Gasteiger partial charge on any atom is 0.149 e. The average molecular weight is 247 g/mol. The molecule has 0 fully saturated rings. The number of imidazole rings is 1. The van der Waals surface area contributed by atoms with Crippen LogP contribution in [0.3, 0.4) is 0 Å². The van der Waals surface area contributed by atoms with Crippen molar-refractivity contribution in [2.45, 2.75) is 6.54 Å². The van der Waals surface area contributed by atoms with Gasteiger partial charge in [-0.05, 0) is 24.3 Å². The predicted octanol–water partition coefficient (Wildman–Crippen LogP) is 2.62. The minimum absolute atomic E-state index is 0.371. The van der Waals surface area contributed by atoms with E-state index in [9.17, 15) is 0 Å². The molecule has 1 aromatic heterocycles. The van der Waals surface area contributed by atoms with Crippen molar-refractivity contribution in [3.8, 4) is 17.6 Å². The van der Waals surface area contributed by atoms with E-state index in [0.29, 0.717) is 18.2 Å². The summed E-state index contributed by atoms with van der Waals surface area (Å²) in [5.41, 5.74) is 0. The van der Waals surface area contributed by atoms with Crippen LogP contribution < -0.4 is 4.74 Å². The smallest absolute Gasteiger partial charge is 0.149 e. The van der Waals surface area contributed by atoms with Crippen LogP contribution in [0.25, 0.3) is 0 Å². The van der Waals surface area contributed by atoms with Crippen LogP contribution >= 0.6 is 11.6 Å². The van der Waals surface area contributed by atoms with Crippen LogP contribution in [0.15, 0.2) is 43.0 Å². The van der Waals surface area contributed by atoms with Crippen molar-refractivity contribution >= 4 is 11.6 Å². The molecule has 0 aliphatic rings. The van der Waals surface area contributed by atoms with E-state index in [-0.39, 0.29) is 0 Å². The van der Waals surface area contributed by atoms with Gasteiger partial charge in [0.2, 0.25) is 0 Å². The van der Waals surface area contributed by atoms with Crippen molar-refractivity contribution in [1.29, 1.82) is 0 Å². The highest BCUT2D eigenvalue weighted by molar-refractivity contribution is 6.30. The standard InChI is InChI=1S/C13H11ClN2O/c14-12-3-5-13(6-4-12)17-10-2-1-8-16-9-7-15-11-16/h3-7,9,11H,8,10H2. The zero-order chi connectivity index (χ0) is 11.9. The molecule has 0 unspecified atom stereocenters. The lowest BCUT2D eigenvalue weighted by Gasteiger charge is -2.00. The highest BCUT2D eigenvalue weighted by atomic mass is 35.5. The number of hydrogen-bond acceptors (Lipinski definition) is 2. The Morgan fingerprint density at radius 1 is 1.24 bits per heavy atom. The van der Waals surface area contributed by atoms with Crippen LogP contribution in [0.4, 0.5) is 0 Å². The molecule has 0 saturated heterocycles. The second kappa shape index (κ2) is 5.97. The first-order chi connectivity index (χ1) is 8.34. The van der Waals surface area contributed by atoms with Crippen molar-refractivity contribution in [3.63, 3.8) is 0 Å². The van der Waals surface area contributed by atoms with Gasteiger partial charge in [0.15, 0.2) is 0 Å². The number of rotatable bonds is 3. The maximum atomic E-state index is 5.76. The molecule has 0 radical (unpaired) electrons. The van der Waals surface area contributed by atoms with E-state index in [4.69, 9.17) is 16.3 Å². The van der Waals surface area contributed by atoms with E-state index in [1.54, 1.807) is 24.7 Å². The van der Waals surface area contributed by atoms with Crippen LogP contribution in [-0.4, -0.2) is 16.2 Å². The van der Waals surface area contributed by atoms with Gasteiger partial charge in [-0.25, -0.2) is 4.98 Å². The number of aromatic nitrogens is 2. The van der Waals surface area contributed by atoms with E-state index in [1.165, 1.54) is 0 Å². The molecule has 17 heavy (non-hydrogen) atoms. The van der Waals surface area contributed by atoms with E-state index in [0.717, 1.165) is 5.75 Å². The SMILES string of the molecule is Clc1ccc(OCC#CCn2ccnc2)cc1. The Hall–Kier alpha value is -1.92. The molecule has 0 spiro atoms. The Bertz CT molecular complexity index is 509. The average Bonchev–Trinajstić information content (AvgIpc) is 2.84. The topological polar surface area (TPSA) is 27.1 Å². The van der Waals surface area contributed by atoms with Crippen molar-refractivity contribution in [2.24, 2.45) is 0 Å². The first-order valence-electron chi connectivity index (χ1n) is 5.14. The second-order valence-electron chi connectivity index (χ2n) is 3.33. The minimum Gasteiger partial charge on any atom is -0.481 e. The van der Waals surface area contributed by atoms with Crippen LogP contribution in [0.1, 0.15) is 0 Å². The number of ether oxygens (including phenoxy) is 1. The third-order valence-electron chi connectivity index (χ3n) is 2.07. The molecule has 0 aliphatic carbocycles. The molecule has 0 atom stereocenters. The van der Waals surface area contributed by atoms with Gasteiger partial charge in [0.1, 0.15) is 12.4 Å². The zero-order valence-corrected chi connectivity index (χ0v) is 9.89. The van der Waals surface area contributed by atoms with Crippen LogP contribution in [0.2, 0.25) is 5.02 Å². The summed E-state index contributed by atoms with van der Waals surface area (Å²) >= 11 is 5.76. The van der Waals surface area contributed by atoms with E-state index >= 15 is 0 Å². The van der Waals surface area contributed by atoms with Gasteiger partial charge in [-0.1, -0.05) is 23.4 Å². The fourth-order valence-electron chi connectivity index (χ4n) is 1.23. The lowest BCUT2D eigenvalue weighted by Crippen LogP contribution is -1.95. The van der Waals surface area contributed by atoms with Crippen molar-refractivity contribution in [3.05, 3.63) is 48.0 Å². The highest BCUT2D eigenvalue weighted by Gasteiger charge is 1.91. The van der Waals surface area contributed by atoms with Gasteiger partial charge in [-0.3, -0.25) is 0 Å². The summed E-state index contributed by atoms with van der Waals surface area (Å²) in [6.07, 6.45) is 5.33. The summed E-state index contributed by atoms with van der Waals surface area (Å²) in [5.74, 6) is 6.69. The molecule has 4 heteroatoms. The summed E-state index contributed by atoms with van der Waals surface area (Å²) in [7, 11) is 0. The van der Waals surface area contributed by atoms with Gasteiger partial charge in [0, 0.05) is 17.4 Å². The fourth-order valence-corrected chi connectivity index (χ4v) is 1.35. The zero-order valence-electron chi connectivity index (χ0n) is 9.14. The van der Waals surface area contributed by atoms with Gasteiger partial charge in [-0.2, -0.15) is 0 Å². The third kappa shape index (κ3) is 3.86. The molecule has 0 aliphatic heterocycles. The molecular formula is C13H11ClN2O. The van der Waals surface area contributed by atoms with Gasteiger partial charge in [-0.15, -0.1) is 0 Å². The second-order valence-corrected chi connectivity index (χ2v) is 3.77. The molecule has 1 heterocycles. The van der Waals surface area contributed by atoms with Gasteiger partial charge in [0.25, 0.3) is 0 Å². The Balaban J connectivity index is 1.76. The van der Waals surface area contributed by atoms with E-state index in [1.807, 2.05) is 22.9 Å². The monoisotopic (exact) mass is 246 g/mol. The molecule has 0 amide bonds. The summed E-state index contributed by atoms with van der Waals surface area (Å²) in [6, 6.07) is 7.21. The quantitative estimate of drug-likeness (QED) is 0.779. The van der Waals surface area contributed by atoms with E-state index < -0.39 is 0 Å². The minimum atomic E-state index is 0.371. The van der Waals surface area contributed by atoms with E-state index in [2.05, 4.69) is 16.8 Å². The Labute approximate surface area is 105 Å². The number of benzene rings is 1. The largest absolute Gasteiger partial charge is 0.481 e.